The van der Waals surface area contributed by atoms with Gasteiger partial charge in [0.05, 0.1) is 11.8 Å². The maximum Gasteiger partial charge on any atom is 0.416 e. The molecule has 3 aromatic rings. The van der Waals surface area contributed by atoms with E-state index < -0.39 is 11.7 Å². The number of alkyl halides is 3. The van der Waals surface area contributed by atoms with Gasteiger partial charge in [-0.3, -0.25) is 9.91 Å². The van der Waals surface area contributed by atoms with Crippen LogP contribution >= 0.6 is 0 Å². The highest BCUT2D eigenvalue weighted by Gasteiger charge is 2.29. The molecule has 3 aromatic carbocycles. The normalized spacial score (nSPS) is 16.0. The molecule has 1 aliphatic rings. The number of fused-ring (bicyclic) bond motifs is 1. The average molecular weight is 397 g/mol. The summed E-state index contributed by atoms with van der Waals surface area (Å²) in [5, 5.41) is 8.95. The molecule has 150 valence electrons. The Hall–Kier alpha value is -2.86. The first-order valence-corrected chi connectivity index (χ1v) is 9.64. The van der Waals surface area contributed by atoms with Gasteiger partial charge in [-0.1, -0.05) is 54.6 Å². The van der Waals surface area contributed by atoms with Crippen molar-refractivity contribution in [2.24, 2.45) is 5.10 Å². The second-order valence-corrected chi connectivity index (χ2v) is 7.23. The van der Waals surface area contributed by atoms with Crippen molar-refractivity contribution in [1.82, 2.24) is 9.91 Å². The fraction of sp³-hybridized carbons (Fsp3) is 0.261. The minimum absolute atomic E-state index is 0.642. The monoisotopic (exact) mass is 397 g/mol. The van der Waals surface area contributed by atoms with Crippen LogP contribution in [-0.2, 0) is 12.7 Å². The quantitative estimate of drug-likeness (QED) is 0.577. The van der Waals surface area contributed by atoms with E-state index in [1.54, 1.807) is 6.21 Å². The third kappa shape index (κ3) is 4.77. The fourth-order valence-electron chi connectivity index (χ4n) is 3.59. The summed E-state index contributed by atoms with van der Waals surface area (Å²) in [7, 11) is 0. The molecular weight excluding hydrogens is 375 g/mol. The van der Waals surface area contributed by atoms with Gasteiger partial charge in [0.1, 0.15) is 0 Å². The molecule has 0 bridgehead atoms. The SMILES string of the molecule is FC(F)(F)c1ccc(/C=N/N2CCN(Cc3cccc4ccccc34)CC2)cc1. The molecule has 1 heterocycles. The Bertz CT molecular complexity index is 983. The predicted molar refractivity (Wildman–Crippen MR) is 110 cm³/mol. The average Bonchev–Trinajstić information content (AvgIpc) is 2.73. The van der Waals surface area contributed by atoms with Crippen molar-refractivity contribution in [3.05, 3.63) is 83.4 Å². The molecule has 0 unspecified atom stereocenters. The van der Waals surface area contributed by atoms with Crippen molar-refractivity contribution < 1.29 is 13.2 Å². The van der Waals surface area contributed by atoms with Crippen LogP contribution in [-0.4, -0.2) is 42.3 Å². The smallest absolute Gasteiger partial charge is 0.295 e. The number of benzene rings is 3. The van der Waals surface area contributed by atoms with Crippen molar-refractivity contribution in [3.8, 4) is 0 Å². The zero-order valence-corrected chi connectivity index (χ0v) is 15.9. The highest BCUT2D eigenvalue weighted by atomic mass is 19.4. The second kappa shape index (κ2) is 8.25. The van der Waals surface area contributed by atoms with Crippen molar-refractivity contribution in [3.63, 3.8) is 0 Å². The second-order valence-electron chi connectivity index (χ2n) is 7.23. The molecule has 0 saturated carbocycles. The molecule has 6 heteroatoms. The van der Waals surface area contributed by atoms with E-state index in [-0.39, 0.29) is 0 Å². The standard InChI is InChI=1S/C23H22F3N3/c24-23(25,26)21-10-8-18(9-11-21)16-27-29-14-12-28(13-15-29)17-20-6-3-5-19-4-1-2-7-22(19)20/h1-11,16H,12-15,17H2/b27-16+. The lowest BCUT2D eigenvalue weighted by Gasteiger charge is -2.33. The third-order valence-electron chi connectivity index (χ3n) is 5.23. The largest absolute Gasteiger partial charge is 0.416 e. The number of nitrogens with zero attached hydrogens (tertiary/aromatic N) is 3. The molecule has 0 radical (unpaired) electrons. The van der Waals surface area contributed by atoms with E-state index in [0.717, 1.165) is 44.9 Å². The van der Waals surface area contributed by atoms with Gasteiger partial charge in [-0.15, -0.1) is 0 Å². The minimum Gasteiger partial charge on any atom is -0.295 e. The molecule has 0 atom stereocenters. The summed E-state index contributed by atoms with van der Waals surface area (Å²) in [5.74, 6) is 0. The Morgan fingerprint density at radius 1 is 0.828 bits per heavy atom. The molecule has 0 amide bonds. The van der Waals surface area contributed by atoms with Gasteiger partial charge in [0.15, 0.2) is 0 Å². The van der Waals surface area contributed by atoms with Crippen molar-refractivity contribution >= 4 is 17.0 Å². The van der Waals surface area contributed by atoms with Gasteiger partial charge in [0, 0.05) is 32.7 Å². The van der Waals surface area contributed by atoms with Crippen LogP contribution in [0.2, 0.25) is 0 Å². The Balaban J connectivity index is 1.33. The Kier molecular flexibility index (Phi) is 5.53. The summed E-state index contributed by atoms with van der Waals surface area (Å²) in [6.45, 7) is 4.28. The van der Waals surface area contributed by atoms with Gasteiger partial charge < -0.3 is 0 Å². The van der Waals surface area contributed by atoms with E-state index in [0.29, 0.717) is 5.56 Å². The van der Waals surface area contributed by atoms with E-state index >= 15 is 0 Å². The van der Waals surface area contributed by atoms with Gasteiger partial charge in [-0.2, -0.15) is 18.3 Å². The molecule has 4 rings (SSSR count). The van der Waals surface area contributed by atoms with Crippen LogP contribution in [0.1, 0.15) is 16.7 Å². The first kappa shape index (κ1) is 19.5. The number of hydrogen-bond donors (Lipinski definition) is 0. The molecule has 0 aromatic heterocycles. The van der Waals surface area contributed by atoms with Crippen LogP contribution in [0.3, 0.4) is 0 Å². The van der Waals surface area contributed by atoms with Crippen molar-refractivity contribution in [2.45, 2.75) is 12.7 Å². The van der Waals surface area contributed by atoms with E-state index in [1.807, 2.05) is 5.01 Å². The lowest BCUT2D eigenvalue weighted by molar-refractivity contribution is -0.137. The molecule has 1 fully saturated rings. The molecule has 0 N–H and O–H groups in total. The highest BCUT2D eigenvalue weighted by Crippen LogP contribution is 2.29. The Morgan fingerprint density at radius 3 is 2.24 bits per heavy atom. The van der Waals surface area contributed by atoms with Crippen molar-refractivity contribution in [2.75, 3.05) is 26.2 Å². The van der Waals surface area contributed by atoms with Crippen LogP contribution < -0.4 is 0 Å². The zero-order valence-electron chi connectivity index (χ0n) is 15.9. The summed E-state index contributed by atoms with van der Waals surface area (Å²) < 4.78 is 37.9. The molecule has 1 aliphatic heterocycles. The lowest BCUT2D eigenvalue weighted by Crippen LogP contribution is -2.43. The van der Waals surface area contributed by atoms with Gasteiger partial charge in [0.25, 0.3) is 0 Å². The first-order valence-electron chi connectivity index (χ1n) is 9.64. The molecule has 29 heavy (non-hydrogen) atoms. The number of rotatable bonds is 4. The summed E-state index contributed by atoms with van der Waals surface area (Å²) >= 11 is 0. The number of piperazine rings is 1. The Labute approximate surface area is 168 Å². The fourth-order valence-corrected chi connectivity index (χ4v) is 3.59. The van der Waals surface area contributed by atoms with Crippen LogP contribution in [0.15, 0.2) is 71.8 Å². The van der Waals surface area contributed by atoms with Crippen LogP contribution in [0.4, 0.5) is 13.2 Å². The molecule has 0 aliphatic carbocycles. The number of halogens is 3. The van der Waals surface area contributed by atoms with Crippen molar-refractivity contribution in [1.29, 1.82) is 0 Å². The minimum atomic E-state index is -4.31. The van der Waals surface area contributed by atoms with Crippen LogP contribution in [0.25, 0.3) is 10.8 Å². The maximum absolute atomic E-state index is 12.6. The van der Waals surface area contributed by atoms with E-state index in [4.69, 9.17) is 0 Å². The number of hydrogen-bond acceptors (Lipinski definition) is 3. The first-order chi connectivity index (χ1) is 14.0. The lowest BCUT2D eigenvalue weighted by atomic mass is 10.0. The van der Waals surface area contributed by atoms with Crippen LogP contribution in [0.5, 0.6) is 0 Å². The van der Waals surface area contributed by atoms with Gasteiger partial charge in [0.2, 0.25) is 0 Å². The predicted octanol–water partition coefficient (Wildman–Crippen LogP) is 5.01. The summed E-state index contributed by atoms with van der Waals surface area (Å²) in [6, 6.07) is 19.9. The van der Waals surface area contributed by atoms with Gasteiger partial charge in [-0.25, -0.2) is 0 Å². The maximum atomic E-state index is 12.6. The highest BCUT2D eigenvalue weighted by molar-refractivity contribution is 5.85. The Morgan fingerprint density at radius 2 is 1.52 bits per heavy atom. The third-order valence-corrected chi connectivity index (χ3v) is 5.23. The van der Waals surface area contributed by atoms with E-state index in [2.05, 4.69) is 52.5 Å². The summed E-state index contributed by atoms with van der Waals surface area (Å²) in [6.07, 6.45) is -2.68. The molecule has 3 nitrogen and oxygen atoms in total. The summed E-state index contributed by atoms with van der Waals surface area (Å²) in [4.78, 5) is 2.41. The van der Waals surface area contributed by atoms with Crippen LogP contribution in [0, 0.1) is 0 Å². The molecule has 0 spiro atoms. The summed E-state index contributed by atoms with van der Waals surface area (Å²) in [5.41, 5.74) is 1.35. The zero-order chi connectivity index (χ0) is 20.3. The van der Waals surface area contributed by atoms with Gasteiger partial charge in [-0.05, 0) is 34.0 Å². The molecule has 1 saturated heterocycles. The topological polar surface area (TPSA) is 18.8 Å². The molecular formula is C23H22F3N3. The van der Waals surface area contributed by atoms with Gasteiger partial charge >= 0.3 is 6.18 Å². The van der Waals surface area contributed by atoms with E-state index in [9.17, 15) is 13.2 Å². The van der Waals surface area contributed by atoms with E-state index in [1.165, 1.54) is 28.5 Å². The number of hydrazone groups is 1.